The average molecular weight is 293 g/mol. The Kier molecular flexibility index (Phi) is 3.32. The van der Waals surface area contributed by atoms with Gasteiger partial charge >= 0.3 is 0 Å². The van der Waals surface area contributed by atoms with Crippen molar-refractivity contribution in [2.75, 3.05) is 6.61 Å². The Hall–Kier alpha value is -0.690. The van der Waals surface area contributed by atoms with Crippen LogP contribution in [0.4, 0.5) is 0 Å². The summed E-state index contributed by atoms with van der Waals surface area (Å²) in [5.74, 6) is 1.61. The van der Waals surface area contributed by atoms with Crippen LogP contribution in [0.3, 0.4) is 0 Å². The minimum atomic E-state index is 0.104. The molecule has 2 heteroatoms. The Morgan fingerprint density at radius 1 is 1.25 bits per heavy atom. The van der Waals surface area contributed by atoms with E-state index in [0.29, 0.717) is 11.3 Å². The molecule has 20 heavy (non-hydrogen) atoms. The van der Waals surface area contributed by atoms with E-state index in [1.54, 1.807) is 0 Å². The normalized spacial score (nSPS) is 27.9. The van der Waals surface area contributed by atoms with Crippen molar-refractivity contribution in [3.8, 4) is 5.75 Å². The zero-order valence-electron chi connectivity index (χ0n) is 13.0. The van der Waals surface area contributed by atoms with Crippen LogP contribution >= 0.6 is 11.6 Å². The van der Waals surface area contributed by atoms with Gasteiger partial charge in [0.1, 0.15) is 5.75 Å². The second-order valence-corrected chi connectivity index (χ2v) is 8.29. The molecule has 110 valence electrons. The Balaban J connectivity index is 1.92. The van der Waals surface area contributed by atoms with Crippen LogP contribution in [0, 0.1) is 11.3 Å². The molecule has 2 aliphatic rings. The fraction of sp³-hybridized carbons (Fsp3) is 0.667. The van der Waals surface area contributed by atoms with Gasteiger partial charge < -0.3 is 4.74 Å². The molecule has 0 aromatic heterocycles. The molecule has 1 fully saturated rings. The third-order valence-corrected chi connectivity index (χ3v) is 5.89. The topological polar surface area (TPSA) is 9.23 Å². The summed E-state index contributed by atoms with van der Waals surface area (Å²) < 4.78 is 5.77. The fourth-order valence-corrected chi connectivity index (χ4v) is 4.44. The highest BCUT2D eigenvalue weighted by Crippen LogP contribution is 2.52. The number of rotatable bonds is 2. The van der Waals surface area contributed by atoms with Crippen molar-refractivity contribution in [1.82, 2.24) is 0 Å². The van der Waals surface area contributed by atoms with Gasteiger partial charge in [-0.05, 0) is 41.9 Å². The minimum Gasteiger partial charge on any atom is -0.492 e. The Morgan fingerprint density at radius 2 is 2.00 bits per heavy atom. The summed E-state index contributed by atoms with van der Waals surface area (Å²) in [6.07, 6.45) is 3.85. The monoisotopic (exact) mass is 292 g/mol. The molecule has 1 aliphatic heterocycles. The first kappa shape index (κ1) is 14.3. The smallest absolute Gasteiger partial charge is 0.123 e. The molecule has 0 amide bonds. The van der Waals surface area contributed by atoms with Crippen molar-refractivity contribution in [2.24, 2.45) is 11.3 Å². The Morgan fingerprint density at radius 3 is 2.65 bits per heavy atom. The number of hydrogen-bond acceptors (Lipinski definition) is 1. The van der Waals surface area contributed by atoms with Gasteiger partial charge in [-0.2, -0.15) is 0 Å². The van der Waals surface area contributed by atoms with Crippen molar-refractivity contribution in [2.45, 2.75) is 57.7 Å². The van der Waals surface area contributed by atoms with Gasteiger partial charge in [-0.1, -0.05) is 40.2 Å². The highest BCUT2D eigenvalue weighted by atomic mass is 35.5. The van der Waals surface area contributed by atoms with E-state index in [2.05, 4.69) is 45.9 Å². The van der Waals surface area contributed by atoms with Gasteiger partial charge in [-0.25, -0.2) is 0 Å². The molecule has 3 rings (SSSR count). The molecule has 2 atom stereocenters. The predicted molar refractivity (Wildman–Crippen MR) is 84.7 cm³/mol. The summed E-state index contributed by atoms with van der Waals surface area (Å²) in [4.78, 5) is 0. The molecule has 1 nitrogen and oxygen atoms in total. The third kappa shape index (κ3) is 2.24. The van der Waals surface area contributed by atoms with Crippen molar-refractivity contribution >= 4 is 11.6 Å². The van der Waals surface area contributed by atoms with Crippen LogP contribution in [0.5, 0.6) is 5.75 Å². The molecule has 0 radical (unpaired) electrons. The van der Waals surface area contributed by atoms with E-state index in [-0.39, 0.29) is 10.8 Å². The highest BCUT2D eigenvalue weighted by molar-refractivity contribution is 6.21. The van der Waals surface area contributed by atoms with Gasteiger partial charge in [-0.3, -0.25) is 0 Å². The van der Waals surface area contributed by atoms with Crippen LogP contribution in [0.25, 0.3) is 0 Å². The van der Waals surface area contributed by atoms with E-state index < -0.39 is 0 Å². The molecule has 1 heterocycles. The van der Waals surface area contributed by atoms with Crippen LogP contribution in [-0.2, 0) is 5.41 Å². The second-order valence-electron chi connectivity index (χ2n) is 7.82. The maximum atomic E-state index is 6.85. The largest absolute Gasteiger partial charge is 0.492 e. The quantitative estimate of drug-likeness (QED) is 0.657. The molecular formula is C18H25ClO. The zero-order chi connectivity index (χ0) is 14.5. The third-order valence-electron chi connectivity index (χ3n) is 5.33. The lowest BCUT2D eigenvalue weighted by Gasteiger charge is -2.31. The molecule has 0 bridgehead atoms. The molecule has 1 saturated carbocycles. The van der Waals surface area contributed by atoms with E-state index in [9.17, 15) is 0 Å². The molecular weight excluding hydrogens is 268 g/mol. The van der Waals surface area contributed by atoms with Gasteiger partial charge in [0.15, 0.2) is 0 Å². The molecule has 1 aromatic rings. The van der Waals surface area contributed by atoms with Crippen LogP contribution in [0.15, 0.2) is 18.2 Å². The van der Waals surface area contributed by atoms with Crippen molar-refractivity contribution in [3.05, 3.63) is 29.3 Å². The Labute approximate surface area is 127 Å². The molecule has 1 aromatic carbocycles. The molecule has 0 spiro atoms. The first-order valence-corrected chi connectivity index (χ1v) is 8.16. The standard InChI is InChI=1S/C18H25ClO/c1-17(2)9-5-6-13(17)16(19)12-7-8-15-14(10-12)18(3,4)11-20-15/h7-8,10,13,16H,5-6,9,11H2,1-4H3. The molecule has 1 aliphatic carbocycles. The highest BCUT2D eigenvalue weighted by Gasteiger charge is 2.40. The first-order valence-electron chi connectivity index (χ1n) is 7.73. The summed E-state index contributed by atoms with van der Waals surface area (Å²) in [5.41, 5.74) is 3.05. The summed E-state index contributed by atoms with van der Waals surface area (Å²) >= 11 is 6.85. The lowest BCUT2D eigenvalue weighted by atomic mass is 9.77. The Bertz CT molecular complexity index is 518. The molecule has 0 N–H and O–H groups in total. The van der Waals surface area contributed by atoms with Crippen LogP contribution in [-0.4, -0.2) is 6.61 Å². The fourth-order valence-electron chi connectivity index (χ4n) is 3.84. The average Bonchev–Trinajstić information content (AvgIpc) is 2.88. The lowest BCUT2D eigenvalue weighted by molar-refractivity contribution is 0.252. The van der Waals surface area contributed by atoms with E-state index in [0.717, 1.165) is 12.4 Å². The lowest BCUT2D eigenvalue weighted by Crippen LogP contribution is -2.22. The van der Waals surface area contributed by atoms with E-state index in [1.165, 1.54) is 30.4 Å². The zero-order valence-corrected chi connectivity index (χ0v) is 13.8. The van der Waals surface area contributed by atoms with Gasteiger partial charge in [0.25, 0.3) is 0 Å². The number of ether oxygens (including phenoxy) is 1. The van der Waals surface area contributed by atoms with E-state index >= 15 is 0 Å². The van der Waals surface area contributed by atoms with Crippen LogP contribution < -0.4 is 4.74 Å². The van der Waals surface area contributed by atoms with Crippen LogP contribution in [0.1, 0.15) is 63.5 Å². The van der Waals surface area contributed by atoms with E-state index in [1.807, 2.05) is 0 Å². The summed E-state index contributed by atoms with van der Waals surface area (Å²) in [6.45, 7) is 9.98. The molecule has 0 saturated heterocycles. The minimum absolute atomic E-state index is 0.104. The number of halogens is 1. The molecule has 2 unspecified atom stereocenters. The number of hydrogen-bond donors (Lipinski definition) is 0. The number of benzene rings is 1. The second kappa shape index (κ2) is 4.66. The van der Waals surface area contributed by atoms with E-state index in [4.69, 9.17) is 16.3 Å². The number of alkyl halides is 1. The van der Waals surface area contributed by atoms with Crippen molar-refractivity contribution in [1.29, 1.82) is 0 Å². The van der Waals surface area contributed by atoms with Gasteiger partial charge in [0, 0.05) is 11.0 Å². The maximum Gasteiger partial charge on any atom is 0.123 e. The van der Waals surface area contributed by atoms with Gasteiger partial charge in [0.2, 0.25) is 0 Å². The van der Waals surface area contributed by atoms with Crippen LogP contribution in [0.2, 0.25) is 0 Å². The predicted octanol–water partition coefficient (Wildman–Crippen LogP) is 5.46. The van der Waals surface area contributed by atoms with Crippen molar-refractivity contribution in [3.63, 3.8) is 0 Å². The summed E-state index contributed by atoms with van der Waals surface area (Å²) in [6, 6.07) is 6.55. The summed E-state index contributed by atoms with van der Waals surface area (Å²) in [7, 11) is 0. The summed E-state index contributed by atoms with van der Waals surface area (Å²) in [5, 5.41) is 0.120. The van der Waals surface area contributed by atoms with Gasteiger partial charge in [0.05, 0.1) is 12.0 Å². The van der Waals surface area contributed by atoms with Gasteiger partial charge in [-0.15, -0.1) is 11.6 Å². The SMILES string of the molecule is CC1(C)COc2ccc(C(Cl)C3CCCC3(C)C)cc21. The number of fused-ring (bicyclic) bond motifs is 1. The van der Waals surface area contributed by atoms with Crippen molar-refractivity contribution < 1.29 is 4.74 Å². The maximum absolute atomic E-state index is 6.85. The first-order chi connectivity index (χ1) is 9.31.